The molecule has 1 aromatic heterocycles. The number of rotatable bonds is 6. The number of morpholine rings is 1. The lowest BCUT2D eigenvalue weighted by Gasteiger charge is -2.26. The molecule has 1 aromatic rings. The SMILES string of the molecule is Clc1occc1CNCCCN1CCOCC1. The second kappa shape index (κ2) is 7.01. The predicted molar refractivity (Wildman–Crippen MR) is 67.3 cm³/mol. The van der Waals surface area contributed by atoms with Gasteiger partial charge in [-0.05, 0) is 37.2 Å². The summed E-state index contributed by atoms with van der Waals surface area (Å²) in [4.78, 5) is 2.44. The molecule has 0 unspecified atom stereocenters. The number of furan rings is 1. The van der Waals surface area contributed by atoms with Gasteiger partial charge in [0, 0.05) is 25.2 Å². The number of nitrogens with zero attached hydrogens (tertiary/aromatic N) is 1. The summed E-state index contributed by atoms with van der Waals surface area (Å²) < 4.78 is 10.3. The summed E-state index contributed by atoms with van der Waals surface area (Å²) >= 11 is 5.85. The van der Waals surface area contributed by atoms with Gasteiger partial charge in [0.2, 0.25) is 0 Å². The molecule has 1 fully saturated rings. The summed E-state index contributed by atoms with van der Waals surface area (Å²) in [6.45, 7) is 6.78. The molecule has 0 amide bonds. The van der Waals surface area contributed by atoms with E-state index >= 15 is 0 Å². The largest absolute Gasteiger partial charge is 0.453 e. The van der Waals surface area contributed by atoms with Crippen molar-refractivity contribution in [1.82, 2.24) is 10.2 Å². The van der Waals surface area contributed by atoms with Crippen molar-refractivity contribution in [2.45, 2.75) is 13.0 Å². The van der Waals surface area contributed by atoms with Crippen LogP contribution in [-0.2, 0) is 11.3 Å². The first-order valence-electron chi connectivity index (χ1n) is 6.09. The number of ether oxygens (including phenoxy) is 1. The normalized spacial score (nSPS) is 17.5. The minimum absolute atomic E-state index is 0.491. The second-order valence-corrected chi connectivity index (χ2v) is 4.55. The summed E-state index contributed by atoms with van der Waals surface area (Å²) in [6, 6.07) is 1.90. The molecular formula is C12H19ClN2O2. The zero-order chi connectivity index (χ0) is 11.9. The van der Waals surface area contributed by atoms with Crippen LogP contribution in [0.5, 0.6) is 0 Å². The maximum atomic E-state index is 5.85. The van der Waals surface area contributed by atoms with Gasteiger partial charge in [-0.15, -0.1) is 0 Å². The average molecular weight is 259 g/mol. The number of nitrogens with one attached hydrogen (secondary N) is 1. The summed E-state index contributed by atoms with van der Waals surface area (Å²) in [7, 11) is 0. The molecule has 1 aliphatic rings. The molecule has 0 atom stereocenters. The van der Waals surface area contributed by atoms with Gasteiger partial charge < -0.3 is 14.5 Å². The van der Waals surface area contributed by atoms with E-state index in [0.717, 1.165) is 57.9 Å². The van der Waals surface area contributed by atoms with Crippen LogP contribution >= 0.6 is 11.6 Å². The third-order valence-electron chi connectivity index (χ3n) is 2.94. The lowest BCUT2D eigenvalue weighted by molar-refractivity contribution is 0.0374. The third-order valence-corrected chi connectivity index (χ3v) is 3.27. The van der Waals surface area contributed by atoms with Crippen LogP contribution in [0.4, 0.5) is 0 Å². The van der Waals surface area contributed by atoms with Gasteiger partial charge >= 0.3 is 0 Å². The minimum atomic E-state index is 0.491. The molecule has 0 radical (unpaired) electrons. The van der Waals surface area contributed by atoms with Gasteiger partial charge in [0.25, 0.3) is 0 Å². The zero-order valence-electron chi connectivity index (χ0n) is 9.95. The van der Waals surface area contributed by atoms with Crippen molar-refractivity contribution in [2.24, 2.45) is 0 Å². The Morgan fingerprint density at radius 3 is 2.88 bits per heavy atom. The summed E-state index contributed by atoms with van der Waals surface area (Å²) in [6.07, 6.45) is 2.77. The van der Waals surface area contributed by atoms with Crippen molar-refractivity contribution in [3.63, 3.8) is 0 Å². The van der Waals surface area contributed by atoms with E-state index < -0.39 is 0 Å². The van der Waals surface area contributed by atoms with Crippen LogP contribution in [0, 0.1) is 0 Å². The number of hydrogen-bond donors (Lipinski definition) is 1. The molecule has 0 aliphatic carbocycles. The molecule has 0 bridgehead atoms. The van der Waals surface area contributed by atoms with Crippen LogP contribution < -0.4 is 5.32 Å². The molecule has 17 heavy (non-hydrogen) atoms. The molecule has 2 rings (SSSR count). The van der Waals surface area contributed by atoms with Gasteiger partial charge in [0.1, 0.15) is 0 Å². The average Bonchev–Trinajstić information content (AvgIpc) is 2.76. The lowest BCUT2D eigenvalue weighted by Crippen LogP contribution is -2.37. The van der Waals surface area contributed by atoms with E-state index in [2.05, 4.69) is 10.2 Å². The highest BCUT2D eigenvalue weighted by Crippen LogP contribution is 2.15. The molecule has 1 N–H and O–H groups in total. The zero-order valence-corrected chi connectivity index (χ0v) is 10.7. The monoisotopic (exact) mass is 258 g/mol. The maximum absolute atomic E-state index is 5.85. The van der Waals surface area contributed by atoms with Crippen LogP contribution in [-0.4, -0.2) is 44.3 Å². The van der Waals surface area contributed by atoms with Crippen LogP contribution in [0.2, 0.25) is 5.22 Å². The Morgan fingerprint density at radius 2 is 2.18 bits per heavy atom. The minimum Gasteiger partial charge on any atom is -0.453 e. The van der Waals surface area contributed by atoms with E-state index in [1.807, 2.05) is 6.07 Å². The van der Waals surface area contributed by atoms with E-state index in [1.165, 1.54) is 0 Å². The Labute approximate surface area is 107 Å². The Morgan fingerprint density at radius 1 is 1.35 bits per heavy atom. The standard InChI is InChI=1S/C12H19ClN2O2/c13-12-11(2-7-17-12)10-14-3-1-4-15-5-8-16-9-6-15/h2,7,14H,1,3-6,8-10H2. The fraction of sp³-hybridized carbons (Fsp3) is 0.667. The van der Waals surface area contributed by atoms with E-state index in [-0.39, 0.29) is 0 Å². The predicted octanol–water partition coefficient (Wildman–Crippen LogP) is 1.74. The van der Waals surface area contributed by atoms with Crippen LogP contribution in [0.1, 0.15) is 12.0 Å². The molecule has 0 saturated carbocycles. The van der Waals surface area contributed by atoms with Gasteiger partial charge in [0.15, 0.2) is 5.22 Å². The highest BCUT2D eigenvalue weighted by molar-refractivity contribution is 6.29. The summed E-state index contributed by atoms with van der Waals surface area (Å²) in [5, 5.41) is 3.86. The van der Waals surface area contributed by atoms with Crippen molar-refractivity contribution in [3.8, 4) is 0 Å². The topological polar surface area (TPSA) is 37.6 Å². The van der Waals surface area contributed by atoms with Crippen molar-refractivity contribution in [3.05, 3.63) is 23.1 Å². The molecule has 1 aliphatic heterocycles. The van der Waals surface area contributed by atoms with Crippen LogP contribution in [0.25, 0.3) is 0 Å². The first-order chi connectivity index (χ1) is 8.36. The first kappa shape index (κ1) is 12.9. The summed E-state index contributed by atoms with van der Waals surface area (Å²) in [5.74, 6) is 0. The Kier molecular flexibility index (Phi) is 5.32. The van der Waals surface area contributed by atoms with Crippen LogP contribution in [0.15, 0.2) is 16.7 Å². The molecule has 1 saturated heterocycles. The van der Waals surface area contributed by atoms with Crippen molar-refractivity contribution in [2.75, 3.05) is 39.4 Å². The van der Waals surface area contributed by atoms with E-state index in [9.17, 15) is 0 Å². The van der Waals surface area contributed by atoms with Crippen molar-refractivity contribution >= 4 is 11.6 Å². The smallest absolute Gasteiger partial charge is 0.197 e. The van der Waals surface area contributed by atoms with Gasteiger partial charge in [-0.2, -0.15) is 0 Å². The van der Waals surface area contributed by atoms with Crippen molar-refractivity contribution in [1.29, 1.82) is 0 Å². The molecule has 4 nitrogen and oxygen atoms in total. The lowest BCUT2D eigenvalue weighted by atomic mass is 10.3. The quantitative estimate of drug-likeness (QED) is 0.789. The molecule has 5 heteroatoms. The van der Waals surface area contributed by atoms with Crippen LogP contribution in [0.3, 0.4) is 0 Å². The van der Waals surface area contributed by atoms with E-state index in [1.54, 1.807) is 6.26 Å². The molecular weight excluding hydrogens is 240 g/mol. The van der Waals surface area contributed by atoms with Gasteiger partial charge in [-0.3, -0.25) is 4.90 Å². The fourth-order valence-corrected chi connectivity index (χ4v) is 2.10. The molecule has 0 spiro atoms. The third kappa shape index (κ3) is 4.32. The van der Waals surface area contributed by atoms with Gasteiger partial charge in [-0.25, -0.2) is 0 Å². The highest BCUT2D eigenvalue weighted by Gasteiger charge is 2.09. The van der Waals surface area contributed by atoms with Crippen molar-refractivity contribution < 1.29 is 9.15 Å². The number of hydrogen-bond acceptors (Lipinski definition) is 4. The van der Waals surface area contributed by atoms with Gasteiger partial charge in [0.05, 0.1) is 19.5 Å². The van der Waals surface area contributed by atoms with Gasteiger partial charge in [-0.1, -0.05) is 0 Å². The van der Waals surface area contributed by atoms with E-state index in [0.29, 0.717) is 5.22 Å². The first-order valence-corrected chi connectivity index (χ1v) is 6.47. The molecule has 96 valence electrons. The van der Waals surface area contributed by atoms with E-state index in [4.69, 9.17) is 20.8 Å². The number of halogens is 1. The molecule has 2 heterocycles. The Hall–Kier alpha value is -0.550. The fourth-order valence-electron chi connectivity index (χ4n) is 1.92. The maximum Gasteiger partial charge on any atom is 0.197 e. The highest BCUT2D eigenvalue weighted by atomic mass is 35.5. The summed E-state index contributed by atoms with van der Waals surface area (Å²) in [5.41, 5.74) is 1.03. The Balaban J connectivity index is 1.53. The Bertz CT molecular complexity index is 324. The second-order valence-electron chi connectivity index (χ2n) is 4.20. The molecule has 0 aromatic carbocycles.